The minimum absolute atomic E-state index is 0.169. The van der Waals surface area contributed by atoms with Crippen molar-refractivity contribution in [1.82, 2.24) is 15.2 Å². The number of aryl methyl sites for hydroxylation is 2. The van der Waals surface area contributed by atoms with Crippen LogP contribution in [0.4, 0.5) is 0 Å². The molecule has 0 aliphatic heterocycles. The van der Waals surface area contributed by atoms with E-state index in [2.05, 4.69) is 30.4 Å². The van der Waals surface area contributed by atoms with Gasteiger partial charge in [0.2, 0.25) is 0 Å². The third kappa shape index (κ3) is 2.99. The fraction of sp³-hybridized carbons (Fsp3) is 0.357. The average molecular weight is 313 g/mol. The third-order valence-electron chi connectivity index (χ3n) is 3.26. The Morgan fingerprint density at radius 2 is 2.00 bits per heavy atom. The van der Waals surface area contributed by atoms with Gasteiger partial charge in [-0.05, 0) is 37.1 Å². The highest BCUT2D eigenvalue weighted by Crippen LogP contribution is 2.29. The molecule has 20 heavy (non-hydrogen) atoms. The van der Waals surface area contributed by atoms with Crippen molar-refractivity contribution in [2.75, 3.05) is 0 Å². The van der Waals surface area contributed by atoms with E-state index in [4.69, 9.17) is 29.0 Å². The van der Waals surface area contributed by atoms with E-state index >= 15 is 0 Å². The van der Waals surface area contributed by atoms with Crippen LogP contribution in [0.3, 0.4) is 0 Å². The van der Waals surface area contributed by atoms with Crippen LogP contribution in [-0.4, -0.2) is 9.78 Å². The smallest absolute Gasteiger partial charge is 0.0878 e. The van der Waals surface area contributed by atoms with Gasteiger partial charge in [-0.15, -0.1) is 0 Å². The molecule has 0 aliphatic carbocycles. The number of halogens is 2. The summed E-state index contributed by atoms with van der Waals surface area (Å²) < 4.78 is 1.95. The van der Waals surface area contributed by atoms with Crippen LogP contribution < -0.4 is 11.3 Å². The Bertz CT molecular complexity index is 595. The minimum atomic E-state index is -0.169. The number of hydrogen-bond acceptors (Lipinski definition) is 3. The van der Waals surface area contributed by atoms with Gasteiger partial charge in [0.05, 0.1) is 27.5 Å². The van der Waals surface area contributed by atoms with Gasteiger partial charge in [0.15, 0.2) is 0 Å². The molecule has 0 saturated heterocycles. The second kappa shape index (κ2) is 6.59. The maximum Gasteiger partial charge on any atom is 0.0878 e. The summed E-state index contributed by atoms with van der Waals surface area (Å²) in [7, 11) is 0. The second-order valence-corrected chi connectivity index (χ2v) is 5.32. The standard InChI is InChI=1S/C14H18Cl2N4/c1-3-10-8-13(20(4-2)19-10)14(18-17)9-5-6-11(15)12(16)7-9/h5-8,14,18H,3-4,17H2,1-2H3. The molecule has 0 amide bonds. The number of benzene rings is 1. The molecule has 0 spiro atoms. The predicted molar refractivity (Wildman–Crippen MR) is 82.9 cm³/mol. The van der Waals surface area contributed by atoms with Crippen LogP contribution in [0.2, 0.25) is 10.0 Å². The molecule has 0 radical (unpaired) electrons. The van der Waals surface area contributed by atoms with Crippen molar-refractivity contribution >= 4 is 23.2 Å². The van der Waals surface area contributed by atoms with Crippen molar-refractivity contribution in [2.45, 2.75) is 32.9 Å². The van der Waals surface area contributed by atoms with Crippen LogP contribution in [-0.2, 0) is 13.0 Å². The van der Waals surface area contributed by atoms with E-state index in [1.165, 1.54) is 0 Å². The first kappa shape index (κ1) is 15.3. The highest BCUT2D eigenvalue weighted by atomic mass is 35.5. The number of rotatable bonds is 5. The maximum atomic E-state index is 6.09. The maximum absolute atomic E-state index is 6.09. The van der Waals surface area contributed by atoms with Gasteiger partial charge in [0, 0.05) is 6.54 Å². The molecule has 0 bridgehead atoms. The van der Waals surface area contributed by atoms with E-state index < -0.39 is 0 Å². The average Bonchev–Trinajstić information content (AvgIpc) is 2.87. The molecule has 0 fully saturated rings. The van der Waals surface area contributed by atoms with E-state index in [1.807, 2.05) is 16.8 Å². The van der Waals surface area contributed by atoms with Crippen molar-refractivity contribution < 1.29 is 0 Å². The van der Waals surface area contributed by atoms with E-state index in [9.17, 15) is 0 Å². The molecular formula is C14H18Cl2N4. The molecule has 108 valence electrons. The third-order valence-corrected chi connectivity index (χ3v) is 4.00. The zero-order valence-electron chi connectivity index (χ0n) is 11.5. The van der Waals surface area contributed by atoms with E-state index in [0.717, 1.165) is 29.9 Å². The summed E-state index contributed by atoms with van der Waals surface area (Å²) in [5.41, 5.74) is 5.85. The lowest BCUT2D eigenvalue weighted by atomic mass is 10.0. The van der Waals surface area contributed by atoms with Gasteiger partial charge in [-0.25, -0.2) is 5.43 Å². The fourth-order valence-electron chi connectivity index (χ4n) is 2.19. The topological polar surface area (TPSA) is 55.9 Å². The van der Waals surface area contributed by atoms with Crippen molar-refractivity contribution in [3.63, 3.8) is 0 Å². The Morgan fingerprint density at radius 3 is 2.55 bits per heavy atom. The van der Waals surface area contributed by atoms with Gasteiger partial charge >= 0.3 is 0 Å². The number of nitrogens with one attached hydrogen (secondary N) is 1. The van der Waals surface area contributed by atoms with Gasteiger partial charge in [-0.3, -0.25) is 10.5 Å². The van der Waals surface area contributed by atoms with Crippen LogP contribution in [0.1, 0.15) is 36.8 Å². The molecule has 1 atom stereocenters. The van der Waals surface area contributed by atoms with Gasteiger partial charge < -0.3 is 0 Å². The number of aromatic nitrogens is 2. The molecular weight excluding hydrogens is 295 g/mol. The van der Waals surface area contributed by atoms with Crippen LogP contribution in [0.15, 0.2) is 24.3 Å². The molecule has 1 aromatic heterocycles. The zero-order chi connectivity index (χ0) is 14.7. The molecule has 1 unspecified atom stereocenters. The second-order valence-electron chi connectivity index (χ2n) is 4.50. The van der Waals surface area contributed by atoms with Crippen molar-refractivity contribution in [1.29, 1.82) is 0 Å². The number of nitrogens with zero attached hydrogens (tertiary/aromatic N) is 2. The number of hydrazine groups is 1. The van der Waals surface area contributed by atoms with Crippen molar-refractivity contribution in [3.8, 4) is 0 Å². The molecule has 0 saturated carbocycles. The number of nitrogens with two attached hydrogens (primary N) is 1. The molecule has 4 nitrogen and oxygen atoms in total. The Labute approximate surface area is 128 Å². The van der Waals surface area contributed by atoms with E-state index in [0.29, 0.717) is 10.0 Å². The Kier molecular flexibility index (Phi) is 5.05. The number of hydrogen-bond donors (Lipinski definition) is 2. The summed E-state index contributed by atoms with van der Waals surface area (Å²) in [4.78, 5) is 0. The monoisotopic (exact) mass is 312 g/mol. The van der Waals surface area contributed by atoms with Crippen molar-refractivity contribution in [3.05, 3.63) is 51.3 Å². The minimum Gasteiger partial charge on any atom is -0.271 e. The van der Waals surface area contributed by atoms with Gasteiger partial charge in [-0.2, -0.15) is 5.10 Å². The molecule has 2 aromatic rings. The largest absolute Gasteiger partial charge is 0.271 e. The Balaban J connectivity index is 2.45. The summed E-state index contributed by atoms with van der Waals surface area (Å²) >= 11 is 12.0. The highest BCUT2D eigenvalue weighted by Gasteiger charge is 2.19. The lowest BCUT2D eigenvalue weighted by Crippen LogP contribution is -2.30. The predicted octanol–water partition coefficient (Wildman–Crippen LogP) is 3.32. The first-order valence-electron chi connectivity index (χ1n) is 6.58. The molecule has 6 heteroatoms. The summed E-state index contributed by atoms with van der Waals surface area (Å²) in [6.45, 7) is 4.92. The molecule has 1 heterocycles. The van der Waals surface area contributed by atoms with Gasteiger partial charge in [0.1, 0.15) is 0 Å². The molecule has 0 aliphatic rings. The Morgan fingerprint density at radius 1 is 1.25 bits per heavy atom. The van der Waals surface area contributed by atoms with Crippen molar-refractivity contribution in [2.24, 2.45) is 5.84 Å². The lowest BCUT2D eigenvalue weighted by Gasteiger charge is -2.18. The first-order valence-corrected chi connectivity index (χ1v) is 7.34. The summed E-state index contributed by atoms with van der Waals surface area (Å²) in [6.07, 6.45) is 0.888. The fourth-order valence-corrected chi connectivity index (χ4v) is 2.50. The summed E-state index contributed by atoms with van der Waals surface area (Å²) in [5, 5.41) is 5.59. The zero-order valence-corrected chi connectivity index (χ0v) is 13.0. The van der Waals surface area contributed by atoms with Crippen LogP contribution in [0.5, 0.6) is 0 Å². The normalized spacial score (nSPS) is 12.7. The molecule has 1 aromatic carbocycles. The SMILES string of the molecule is CCc1cc(C(NN)c2ccc(Cl)c(Cl)c2)n(CC)n1. The summed E-state index contributed by atoms with van der Waals surface area (Å²) in [5.74, 6) is 5.73. The van der Waals surface area contributed by atoms with E-state index in [1.54, 1.807) is 6.07 Å². The lowest BCUT2D eigenvalue weighted by molar-refractivity contribution is 0.541. The molecule has 3 N–H and O–H groups in total. The van der Waals surface area contributed by atoms with Gasteiger partial charge in [-0.1, -0.05) is 36.2 Å². The Hall–Kier alpha value is -1.07. The highest BCUT2D eigenvalue weighted by molar-refractivity contribution is 6.42. The summed E-state index contributed by atoms with van der Waals surface area (Å²) in [6, 6.07) is 7.41. The van der Waals surface area contributed by atoms with Gasteiger partial charge in [0.25, 0.3) is 0 Å². The van der Waals surface area contributed by atoms with Crippen LogP contribution >= 0.6 is 23.2 Å². The van der Waals surface area contributed by atoms with Crippen LogP contribution in [0, 0.1) is 0 Å². The van der Waals surface area contributed by atoms with Crippen LogP contribution in [0.25, 0.3) is 0 Å². The first-order chi connectivity index (χ1) is 9.60. The van der Waals surface area contributed by atoms with E-state index in [-0.39, 0.29) is 6.04 Å². The quantitative estimate of drug-likeness (QED) is 0.657. The molecule has 2 rings (SSSR count).